The molecule has 96 valence electrons. The highest BCUT2D eigenvalue weighted by Gasteiger charge is 2.17. The van der Waals surface area contributed by atoms with E-state index >= 15 is 0 Å². The average molecular weight is 235 g/mol. The third-order valence-electron chi connectivity index (χ3n) is 3.76. The first-order valence-corrected chi connectivity index (χ1v) is 7.00. The van der Waals surface area contributed by atoms with Crippen LogP contribution in [0.1, 0.15) is 50.3 Å². The summed E-state index contributed by atoms with van der Waals surface area (Å²) in [5.74, 6) is 1.21. The normalized spacial score (nSPS) is 16.9. The minimum absolute atomic E-state index is 0.598. The van der Waals surface area contributed by atoms with E-state index in [0.29, 0.717) is 6.04 Å². The van der Waals surface area contributed by atoms with Gasteiger partial charge in [-0.25, -0.2) is 4.98 Å². The maximum atomic E-state index is 4.72. The topological polar surface area (TPSA) is 29.9 Å². The van der Waals surface area contributed by atoms with Crippen LogP contribution in [0.3, 0.4) is 0 Å². The van der Waals surface area contributed by atoms with Crippen molar-refractivity contribution in [3.05, 3.63) is 17.2 Å². The van der Waals surface area contributed by atoms with E-state index in [1.165, 1.54) is 49.3 Å². The van der Waals surface area contributed by atoms with E-state index in [-0.39, 0.29) is 0 Å². The average Bonchev–Trinajstić information content (AvgIpc) is 2.62. The van der Waals surface area contributed by atoms with Gasteiger partial charge in [0.05, 0.1) is 5.69 Å². The molecule has 1 unspecified atom stereocenters. The molecule has 1 heterocycles. The van der Waals surface area contributed by atoms with Crippen LogP contribution in [-0.4, -0.2) is 22.1 Å². The lowest BCUT2D eigenvalue weighted by molar-refractivity contribution is 0.473. The standard InChI is InChI=1S/C14H25N3/c1-4-15-11(2)9-10-17-12(3)16-13-7-5-6-8-14(13)17/h11,15H,4-10H2,1-3H3. The monoisotopic (exact) mass is 235 g/mol. The first-order valence-electron chi connectivity index (χ1n) is 7.00. The van der Waals surface area contributed by atoms with Crippen LogP contribution < -0.4 is 5.32 Å². The molecular weight excluding hydrogens is 210 g/mol. The molecule has 1 aromatic heterocycles. The number of hydrogen-bond donors (Lipinski definition) is 1. The molecule has 0 radical (unpaired) electrons. The fraction of sp³-hybridized carbons (Fsp3) is 0.786. The minimum Gasteiger partial charge on any atom is -0.332 e. The zero-order chi connectivity index (χ0) is 12.3. The highest BCUT2D eigenvalue weighted by molar-refractivity contribution is 5.19. The van der Waals surface area contributed by atoms with E-state index in [0.717, 1.165) is 13.1 Å². The molecule has 0 aromatic carbocycles. The molecule has 3 nitrogen and oxygen atoms in total. The summed E-state index contributed by atoms with van der Waals surface area (Å²) < 4.78 is 2.45. The molecule has 0 aliphatic heterocycles. The first-order chi connectivity index (χ1) is 8.22. The van der Waals surface area contributed by atoms with Crippen LogP contribution in [-0.2, 0) is 19.4 Å². The predicted molar refractivity (Wildman–Crippen MR) is 71.4 cm³/mol. The third kappa shape index (κ3) is 2.89. The molecule has 0 spiro atoms. The maximum Gasteiger partial charge on any atom is 0.106 e. The molecule has 0 amide bonds. The largest absolute Gasteiger partial charge is 0.332 e. The SMILES string of the molecule is CCNC(C)CCn1c(C)nc2c1CCCC2. The molecule has 1 atom stereocenters. The summed E-state index contributed by atoms with van der Waals surface area (Å²) in [6, 6.07) is 0.598. The van der Waals surface area contributed by atoms with E-state index < -0.39 is 0 Å². The minimum atomic E-state index is 0.598. The Hall–Kier alpha value is -0.830. The molecule has 0 bridgehead atoms. The number of fused-ring (bicyclic) bond motifs is 1. The molecule has 2 rings (SSSR count). The van der Waals surface area contributed by atoms with Crippen molar-refractivity contribution in [2.45, 2.75) is 65.5 Å². The molecule has 1 aliphatic rings. The number of rotatable bonds is 5. The van der Waals surface area contributed by atoms with Crippen molar-refractivity contribution in [3.8, 4) is 0 Å². The summed E-state index contributed by atoms with van der Waals surface area (Å²) in [6.45, 7) is 8.75. The Morgan fingerprint density at radius 3 is 2.88 bits per heavy atom. The molecule has 0 saturated carbocycles. The number of aromatic nitrogens is 2. The van der Waals surface area contributed by atoms with E-state index in [2.05, 4.69) is 30.7 Å². The molecule has 1 aliphatic carbocycles. The molecule has 0 saturated heterocycles. The Morgan fingerprint density at radius 2 is 2.12 bits per heavy atom. The van der Waals surface area contributed by atoms with Crippen LogP contribution in [0, 0.1) is 6.92 Å². The molecule has 3 heteroatoms. The molecule has 17 heavy (non-hydrogen) atoms. The summed E-state index contributed by atoms with van der Waals surface area (Å²) in [5, 5.41) is 3.47. The van der Waals surface area contributed by atoms with E-state index in [9.17, 15) is 0 Å². The second kappa shape index (κ2) is 5.67. The fourth-order valence-electron chi connectivity index (χ4n) is 2.81. The van der Waals surface area contributed by atoms with Crippen molar-refractivity contribution in [2.75, 3.05) is 6.54 Å². The Bertz CT molecular complexity index is 368. The third-order valence-corrected chi connectivity index (χ3v) is 3.76. The first kappa shape index (κ1) is 12.6. The second-order valence-corrected chi connectivity index (χ2v) is 5.16. The van der Waals surface area contributed by atoms with Gasteiger partial charge < -0.3 is 9.88 Å². The van der Waals surface area contributed by atoms with E-state index in [1.807, 2.05) is 0 Å². The number of aryl methyl sites for hydroxylation is 2. The zero-order valence-corrected chi connectivity index (χ0v) is 11.4. The fourth-order valence-corrected chi connectivity index (χ4v) is 2.81. The summed E-state index contributed by atoms with van der Waals surface area (Å²) >= 11 is 0. The van der Waals surface area contributed by atoms with Gasteiger partial charge in [0.2, 0.25) is 0 Å². The molecule has 0 fully saturated rings. The van der Waals surface area contributed by atoms with Gasteiger partial charge in [-0.2, -0.15) is 0 Å². The van der Waals surface area contributed by atoms with Crippen molar-refractivity contribution in [3.63, 3.8) is 0 Å². The van der Waals surface area contributed by atoms with E-state index in [1.54, 1.807) is 0 Å². The number of nitrogens with zero attached hydrogens (tertiary/aromatic N) is 2. The lowest BCUT2D eigenvalue weighted by Crippen LogP contribution is -2.27. The maximum absolute atomic E-state index is 4.72. The smallest absolute Gasteiger partial charge is 0.106 e. The van der Waals surface area contributed by atoms with Crippen molar-refractivity contribution in [2.24, 2.45) is 0 Å². The summed E-state index contributed by atoms with van der Waals surface area (Å²) in [5.41, 5.74) is 2.88. The lowest BCUT2D eigenvalue weighted by atomic mass is 10.0. The van der Waals surface area contributed by atoms with Gasteiger partial charge in [0.25, 0.3) is 0 Å². The highest BCUT2D eigenvalue weighted by atomic mass is 15.1. The van der Waals surface area contributed by atoms with Gasteiger partial charge in [0.1, 0.15) is 5.82 Å². The Kier molecular flexibility index (Phi) is 4.21. The molecule has 1 aromatic rings. The van der Waals surface area contributed by atoms with Crippen molar-refractivity contribution in [1.82, 2.24) is 14.9 Å². The number of imidazole rings is 1. The van der Waals surface area contributed by atoms with Gasteiger partial charge in [0.15, 0.2) is 0 Å². The van der Waals surface area contributed by atoms with Crippen LogP contribution in [0.25, 0.3) is 0 Å². The van der Waals surface area contributed by atoms with E-state index in [4.69, 9.17) is 4.98 Å². The number of nitrogens with one attached hydrogen (secondary N) is 1. The predicted octanol–water partition coefficient (Wildman–Crippen LogP) is 2.46. The molecule has 1 N–H and O–H groups in total. The summed E-state index contributed by atoms with van der Waals surface area (Å²) in [6.07, 6.45) is 6.26. The quantitative estimate of drug-likeness (QED) is 0.849. The Labute approximate surface area is 105 Å². The van der Waals surface area contributed by atoms with Crippen molar-refractivity contribution >= 4 is 0 Å². The van der Waals surface area contributed by atoms with Gasteiger partial charge in [-0.15, -0.1) is 0 Å². The van der Waals surface area contributed by atoms with Crippen LogP contribution in [0.15, 0.2) is 0 Å². The highest BCUT2D eigenvalue weighted by Crippen LogP contribution is 2.22. The Morgan fingerprint density at radius 1 is 1.35 bits per heavy atom. The number of hydrogen-bond acceptors (Lipinski definition) is 2. The van der Waals surface area contributed by atoms with Gasteiger partial charge >= 0.3 is 0 Å². The van der Waals surface area contributed by atoms with Crippen LogP contribution in [0.4, 0.5) is 0 Å². The van der Waals surface area contributed by atoms with Gasteiger partial charge in [-0.3, -0.25) is 0 Å². The zero-order valence-electron chi connectivity index (χ0n) is 11.4. The summed E-state index contributed by atoms with van der Waals surface area (Å²) in [7, 11) is 0. The van der Waals surface area contributed by atoms with Crippen LogP contribution >= 0.6 is 0 Å². The van der Waals surface area contributed by atoms with Crippen molar-refractivity contribution in [1.29, 1.82) is 0 Å². The summed E-state index contributed by atoms with van der Waals surface area (Å²) in [4.78, 5) is 4.72. The van der Waals surface area contributed by atoms with Gasteiger partial charge in [-0.05, 0) is 52.5 Å². The van der Waals surface area contributed by atoms with Crippen molar-refractivity contribution < 1.29 is 0 Å². The van der Waals surface area contributed by atoms with Gasteiger partial charge in [-0.1, -0.05) is 6.92 Å². The molecular formula is C14H25N3. The second-order valence-electron chi connectivity index (χ2n) is 5.16. The Balaban J connectivity index is 2.02. The lowest BCUT2D eigenvalue weighted by Gasteiger charge is -2.17. The van der Waals surface area contributed by atoms with Crippen LogP contribution in [0.5, 0.6) is 0 Å². The van der Waals surface area contributed by atoms with Crippen LogP contribution in [0.2, 0.25) is 0 Å². The van der Waals surface area contributed by atoms with Gasteiger partial charge in [0, 0.05) is 18.3 Å².